The van der Waals surface area contributed by atoms with E-state index in [1.54, 1.807) is 24.3 Å². The molecule has 0 saturated carbocycles. The Kier molecular flexibility index (Phi) is 5.88. The Labute approximate surface area is 111 Å². The largest absolute Gasteiger partial charge is 0.459 e. The lowest BCUT2D eigenvalue weighted by Gasteiger charge is -2.06. The summed E-state index contributed by atoms with van der Waals surface area (Å²) in [5, 5.41) is 5.10. The van der Waals surface area contributed by atoms with Crippen molar-refractivity contribution in [2.45, 2.75) is 0 Å². The van der Waals surface area contributed by atoms with Crippen molar-refractivity contribution < 1.29 is 14.0 Å². The smallest absolute Gasteiger partial charge is 0.287 e. The van der Waals surface area contributed by atoms with E-state index in [9.17, 15) is 9.59 Å². The molecule has 1 rings (SSSR count). The molecule has 0 saturated heterocycles. The zero-order chi connectivity index (χ0) is 14.1. The molecule has 0 fully saturated rings. The predicted molar refractivity (Wildman–Crippen MR) is 72.5 cm³/mol. The molecular weight excluding hydrogens is 244 g/mol. The topological polar surface area (TPSA) is 71.3 Å². The van der Waals surface area contributed by atoms with E-state index in [-0.39, 0.29) is 18.2 Å². The van der Waals surface area contributed by atoms with E-state index < -0.39 is 5.91 Å². The van der Waals surface area contributed by atoms with Gasteiger partial charge in [-0.25, -0.2) is 0 Å². The van der Waals surface area contributed by atoms with Crippen LogP contribution in [0.5, 0.6) is 0 Å². The van der Waals surface area contributed by atoms with Crippen LogP contribution >= 0.6 is 0 Å². The number of amides is 2. The third kappa shape index (κ3) is 5.08. The van der Waals surface area contributed by atoms with Crippen LogP contribution in [0.2, 0.25) is 0 Å². The maximum absolute atomic E-state index is 11.5. The molecule has 1 aromatic heterocycles. The number of hydrogen-bond donors (Lipinski definition) is 2. The van der Waals surface area contributed by atoms with Gasteiger partial charge >= 0.3 is 0 Å². The fourth-order valence-corrected chi connectivity index (χ4v) is 1.27. The molecule has 0 bridgehead atoms. The number of hydrogen-bond acceptors (Lipinski definition) is 3. The number of carbonyl (C=O) groups excluding carboxylic acids is 2. The molecule has 100 valence electrons. The SMILES string of the molecule is C=C/C=C(\C=C)CNC(=O)CNC(=O)c1ccco1. The summed E-state index contributed by atoms with van der Waals surface area (Å²) in [4.78, 5) is 23.0. The highest BCUT2D eigenvalue weighted by atomic mass is 16.3. The highest BCUT2D eigenvalue weighted by Crippen LogP contribution is 1.98. The molecule has 0 aliphatic carbocycles. The Balaban J connectivity index is 2.32. The van der Waals surface area contributed by atoms with Crippen LogP contribution in [0.1, 0.15) is 10.6 Å². The molecule has 5 nitrogen and oxygen atoms in total. The Morgan fingerprint density at radius 1 is 1.26 bits per heavy atom. The number of allylic oxidation sites excluding steroid dienone is 2. The van der Waals surface area contributed by atoms with Gasteiger partial charge in [-0.2, -0.15) is 0 Å². The quantitative estimate of drug-likeness (QED) is 0.728. The van der Waals surface area contributed by atoms with E-state index in [1.165, 1.54) is 12.3 Å². The number of furan rings is 1. The first-order chi connectivity index (χ1) is 9.17. The summed E-state index contributed by atoms with van der Waals surface area (Å²) >= 11 is 0. The summed E-state index contributed by atoms with van der Waals surface area (Å²) in [5.74, 6) is -0.548. The standard InChI is InChI=1S/C14H16N2O3/c1-3-6-11(4-2)9-15-13(17)10-16-14(18)12-7-5-8-19-12/h3-8H,1-2,9-10H2,(H,15,17)(H,16,18)/b11-6+. The van der Waals surface area contributed by atoms with Crippen LogP contribution in [0.4, 0.5) is 0 Å². The maximum Gasteiger partial charge on any atom is 0.287 e. The Bertz CT molecular complexity index is 487. The van der Waals surface area contributed by atoms with Crippen LogP contribution in [0.25, 0.3) is 0 Å². The van der Waals surface area contributed by atoms with E-state index >= 15 is 0 Å². The second-order valence-corrected chi connectivity index (χ2v) is 3.62. The third-order valence-electron chi connectivity index (χ3n) is 2.24. The van der Waals surface area contributed by atoms with Gasteiger partial charge in [-0.15, -0.1) is 0 Å². The first-order valence-electron chi connectivity index (χ1n) is 5.69. The van der Waals surface area contributed by atoms with Crippen LogP contribution in [-0.2, 0) is 4.79 Å². The normalized spacial score (nSPS) is 10.6. The molecule has 1 heterocycles. The van der Waals surface area contributed by atoms with Crippen LogP contribution < -0.4 is 10.6 Å². The molecule has 0 spiro atoms. The van der Waals surface area contributed by atoms with Crippen molar-refractivity contribution in [1.29, 1.82) is 0 Å². The summed E-state index contributed by atoms with van der Waals surface area (Å²) in [5.41, 5.74) is 0.834. The Morgan fingerprint density at radius 2 is 2.05 bits per heavy atom. The number of nitrogens with one attached hydrogen (secondary N) is 2. The minimum atomic E-state index is -0.425. The van der Waals surface area contributed by atoms with Gasteiger partial charge in [0, 0.05) is 6.54 Å². The lowest BCUT2D eigenvalue weighted by molar-refractivity contribution is -0.119. The molecule has 0 radical (unpaired) electrons. The fraction of sp³-hybridized carbons (Fsp3) is 0.143. The van der Waals surface area contributed by atoms with Gasteiger partial charge in [-0.1, -0.05) is 31.4 Å². The van der Waals surface area contributed by atoms with Crippen molar-refractivity contribution in [3.05, 3.63) is 61.1 Å². The molecule has 19 heavy (non-hydrogen) atoms. The minimum Gasteiger partial charge on any atom is -0.459 e. The summed E-state index contributed by atoms with van der Waals surface area (Å²) < 4.78 is 4.90. The van der Waals surface area contributed by atoms with E-state index in [1.807, 2.05) is 0 Å². The maximum atomic E-state index is 11.5. The van der Waals surface area contributed by atoms with Crippen LogP contribution in [-0.4, -0.2) is 24.9 Å². The van der Waals surface area contributed by atoms with E-state index in [0.717, 1.165) is 5.57 Å². The lowest BCUT2D eigenvalue weighted by Crippen LogP contribution is -2.37. The second kappa shape index (κ2) is 7.71. The van der Waals surface area contributed by atoms with Crippen molar-refractivity contribution in [3.8, 4) is 0 Å². The minimum absolute atomic E-state index is 0.113. The van der Waals surface area contributed by atoms with Crippen molar-refractivity contribution in [2.24, 2.45) is 0 Å². The van der Waals surface area contributed by atoms with E-state index in [2.05, 4.69) is 23.8 Å². The number of rotatable bonds is 7. The molecule has 0 aliphatic rings. The molecular formula is C14H16N2O3. The summed E-state index contributed by atoms with van der Waals surface area (Å²) in [6.07, 6.45) is 6.38. The number of carbonyl (C=O) groups is 2. The monoisotopic (exact) mass is 260 g/mol. The van der Waals surface area contributed by atoms with Crippen molar-refractivity contribution >= 4 is 11.8 Å². The van der Waals surface area contributed by atoms with E-state index in [0.29, 0.717) is 6.54 Å². The first kappa shape index (κ1) is 14.5. The molecule has 0 aromatic carbocycles. The predicted octanol–water partition coefficient (Wildman–Crippen LogP) is 1.42. The molecule has 0 atom stereocenters. The zero-order valence-electron chi connectivity index (χ0n) is 10.5. The van der Waals surface area contributed by atoms with Gasteiger partial charge in [-0.3, -0.25) is 9.59 Å². The fourth-order valence-electron chi connectivity index (χ4n) is 1.27. The van der Waals surface area contributed by atoms with Crippen molar-refractivity contribution in [1.82, 2.24) is 10.6 Å². The molecule has 0 aliphatic heterocycles. The van der Waals surface area contributed by atoms with Gasteiger partial charge in [0.2, 0.25) is 5.91 Å². The third-order valence-corrected chi connectivity index (χ3v) is 2.24. The van der Waals surface area contributed by atoms with Gasteiger partial charge in [0.25, 0.3) is 5.91 Å². The molecule has 2 amide bonds. The highest BCUT2D eigenvalue weighted by Gasteiger charge is 2.09. The molecule has 1 aromatic rings. The van der Waals surface area contributed by atoms with Gasteiger partial charge in [0.05, 0.1) is 12.8 Å². The molecule has 5 heteroatoms. The Hall–Kier alpha value is -2.56. The van der Waals surface area contributed by atoms with Crippen LogP contribution in [0.3, 0.4) is 0 Å². The summed E-state index contributed by atoms with van der Waals surface area (Å²) in [7, 11) is 0. The van der Waals surface area contributed by atoms with Gasteiger partial charge < -0.3 is 15.1 Å². The van der Waals surface area contributed by atoms with Crippen molar-refractivity contribution in [2.75, 3.05) is 13.1 Å². The van der Waals surface area contributed by atoms with Crippen LogP contribution in [0.15, 0.2) is 59.8 Å². The van der Waals surface area contributed by atoms with E-state index in [4.69, 9.17) is 4.42 Å². The average molecular weight is 260 g/mol. The molecule has 0 unspecified atom stereocenters. The zero-order valence-corrected chi connectivity index (χ0v) is 10.5. The molecule has 2 N–H and O–H groups in total. The average Bonchev–Trinajstić information content (AvgIpc) is 2.94. The first-order valence-corrected chi connectivity index (χ1v) is 5.69. The highest BCUT2D eigenvalue weighted by molar-refractivity contribution is 5.94. The summed E-state index contributed by atoms with van der Waals surface area (Å²) in [6.45, 7) is 7.40. The van der Waals surface area contributed by atoms with Gasteiger partial charge in [0.1, 0.15) is 0 Å². The van der Waals surface area contributed by atoms with Gasteiger partial charge in [0.15, 0.2) is 5.76 Å². The lowest BCUT2D eigenvalue weighted by atomic mass is 10.2. The van der Waals surface area contributed by atoms with Gasteiger partial charge in [-0.05, 0) is 17.7 Å². The Morgan fingerprint density at radius 3 is 2.63 bits per heavy atom. The second-order valence-electron chi connectivity index (χ2n) is 3.62. The van der Waals surface area contributed by atoms with Crippen molar-refractivity contribution in [3.63, 3.8) is 0 Å². The van der Waals surface area contributed by atoms with Crippen LogP contribution in [0, 0.1) is 0 Å². The summed E-state index contributed by atoms with van der Waals surface area (Å²) in [6, 6.07) is 3.13.